The second kappa shape index (κ2) is 9.06. The van der Waals surface area contributed by atoms with Crippen molar-refractivity contribution in [1.29, 1.82) is 0 Å². The molecule has 0 radical (unpaired) electrons. The molecular formula is C24H30N2O4. The molecule has 1 fully saturated rings. The van der Waals surface area contributed by atoms with Crippen molar-refractivity contribution < 1.29 is 19.0 Å². The molecule has 160 valence electrons. The highest BCUT2D eigenvalue weighted by atomic mass is 16.7. The molecule has 0 saturated carbocycles. The Kier molecular flexibility index (Phi) is 6.25. The van der Waals surface area contributed by atoms with Gasteiger partial charge in [0.25, 0.3) is 0 Å². The predicted octanol–water partition coefficient (Wildman–Crippen LogP) is 3.07. The maximum atomic E-state index is 12.7. The number of carbonyl (C=O) groups is 1. The van der Waals surface area contributed by atoms with Gasteiger partial charge >= 0.3 is 0 Å². The number of hydrogen-bond donors (Lipinski definition) is 2. The van der Waals surface area contributed by atoms with Crippen LogP contribution in [0.15, 0.2) is 42.5 Å². The standard InChI is InChI=1S/C24H30N2O4/c1-17-5-3-4-6-19(17)14-25-23(27)18(2)26-15-24(9-11-28-12-10-24)20-7-8-21-22(13-20)30-16-29-21/h3-8,13,18,26H,9-12,14-16H2,1-2H3,(H,25,27)/t18-/m1/s1. The number of hydrogen-bond acceptors (Lipinski definition) is 5. The van der Waals surface area contributed by atoms with Crippen LogP contribution in [0.5, 0.6) is 11.5 Å². The number of aryl methyl sites for hydroxylation is 1. The Hall–Kier alpha value is -2.57. The molecule has 2 aliphatic rings. The molecule has 0 spiro atoms. The van der Waals surface area contributed by atoms with Crippen molar-refractivity contribution in [1.82, 2.24) is 10.6 Å². The van der Waals surface area contributed by atoms with E-state index < -0.39 is 0 Å². The van der Waals surface area contributed by atoms with Gasteiger partial charge in [0.2, 0.25) is 12.7 Å². The quantitative estimate of drug-likeness (QED) is 0.734. The SMILES string of the molecule is Cc1ccccc1CNC(=O)[C@@H](C)NCC1(c2ccc3c(c2)OCO3)CCOCC1. The number of amides is 1. The number of rotatable bonds is 7. The highest BCUT2D eigenvalue weighted by Gasteiger charge is 2.36. The molecule has 0 aliphatic carbocycles. The number of benzene rings is 2. The van der Waals surface area contributed by atoms with Crippen LogP contribution in [0.2, 0.25) is 0 Å². The van der Waals surface area contributed by atoms with E-state index in [0.29, 0.717) is 26.3 Å². The van der Waals surface area contributed by atoms with Gasteiger partial charge in [0.15, 0.2) is 11.5 Å². The fourth-order valence-electron chi connectivity index (χ4n) is 4.14. The van der Waals surface area contributed by atoms with Crippen LogP contribution in [0, 0.1) is 6.92 Å². The summed E-state index contributed by atoms with van der Waals surface area (Å²) in [5, 5.41) is 6.52. The molecule has 1 atom stereocenters. The zero-order valence-corrected chi connectivity index (χ0v) is 17.7. The lowest BCUT2D eigenvalue weighted by atomic mass is 9.74. The van der Waals surface area contributed by atoms with Gasteiger partial charge in [-0.1, -0.05) is 30.3 Å². The highest BCUT2D eigenvalue weighted by Crippen LogP contribution is 2.40. The van der Waals surface area contributed by atoms with Crippen LogP contribution in [0.4, 0.5) is 0 Å². The molecule has 0 unspecified atom stereocenters. The molecule has 1 saturated heterocycles. The van der Waals surface area contributed by atoms with E-state index in [1.165, 1.54) is 11.1 Å². The molecule has 2 aromatic carbocycles. The molecule has 30 heavy (non-hydrogen) atoms. The third-order valence-electron chi connectivity index (χ3n) is 6.29. The smallest absolute Gasteiger partial charge is 0.237 e. The van der Waals surface area contributed by atoms with Gasteiger partial charge < -0.3 is 24.8 Å². The third-order valence-corrected chi connectivity index (χ3v) is 6.29. The lowest BCUT2D eigenvalue weighted by Gasteiger charge is -2.38. The number of nitrogens with one attached hydrogen (secondary N) is 2. The van der Waals surface area contributed by atoms with Crippen LogP contribution in [-0.2, 0) is 21.5 Å². The second-order valence-electron chi connectivity index (χ2n) is 8.21. The summed E-state index contributed by atoms with van der Waals surface area (Å²) in [4.78, 5) is 12.7. The first-order valence-electron chi connectivity index (χ1n) is 10.6. The van der Waals surface area contributed by atoms with E-state index in [0.717, 1.165) is 29.9 Å². The van der Waals surface area contributed by atoms with Crippen molar-refractivity contribution >= 4 is 5.91 Å². The first-order chi connectivity index (χ1) is 14.6. The van der Waals surface area contributed by atoms with Crippen molar-refractivity contribution in [2.45, 2.75) is 44.7 Å². The molecular weight excluding hydrogens is 380 g/mol. The molecule has 0 aromatic heterocycles. The van der Waals surface area contributed by atoms with E-state index in [4.69, 9.17) is 14.2 Å². The molecule has 2 N–H and O–H groups in total. The zero-order valence-electron chi connectivity index (χ0n) is 17.7. The minimum absolute atomic E-state index is 0.00569. The zero-order chi connectivity index (χ0) is 21.0. The van der Waals surface area contributed by atoms with Crippen molar-refractivity contribution in [2.24, 2.45) is 0 Å². The van der Waals surface area contributed by atoms with E-state index >= 15 is 0 Å². The van der Waals surface area contributed by atoms with Gasteiger partial charge in [-0.2, -0.15) is 0 Å². The van der Waals surface area contributed by atoms with Gasteiger partial charge in [0.05, 0.1) is 6.04 Å². The Morgan fingerprint density at radius 3 is 2.67 bits per heavy atom. The van der Waals surface area contributed by atoms with Gasteiger partial charge in [-0.15, -0.1) is 0 Å². The van der Waals surface area contributed by atoms with Gasteiger partial charge in [0.1, 0.15) is 0 Å². The lowest BCUT2D eigenvalue weighted by Crippen LogP contribution is -2.49. The largest absolute Gasteiger partial charge is 0.454 e. The number of ether oxygens (including phenoxy) is 3. The van der Waals surface area contributed by atoms with E-state index in [1.807, 2.05) is 31.2 Å². The molecule has 2 heterocycles. The summed E-state index contributed by atoms with van der Waals surface area (Å²) in [5.41, 5.74) is 3.43. The maximum absolute atomic E-state index is 12.7. The van der Waals surface area contributed by atoms with E-state index in [1.54, 1.807) is 0 Å². The van der Waals surface area contributed by atoms with Crippen LogP contribution in [0.3, 0.4) is 0 Å². The Bertz CT molecular complexity index is 893. The molecule has 4 rings (SSSR count). The summed E-state index contributed by atoms with van der Waals surface area (Å²) in [6.45, 7) is 6.91. The summed E-state index contributed by atoms with van der Waals surface area (Å²) in [6, 6.07) is 14.0. The predicted molar refractivity (Wildman–Crippen MR) is 115 cm³/mol. The highest BCUT2D eigenvalue weighted by molar-refractivity contribution is 5.81. The fraction of sp³-hybridized carbons (Fsp3) is 0.458. The average Bonchev–Trinajstić information content (AvgIpc) is 3.25. The van der Waals surface area contributed by atoms with Crippen LogP contribution < -0.4 is 20.1 Å². The Morgan fingerprint density at radius 2 is 1.87 bits per heavy atom. The molecule has 1 amide bonds. The van der Waals surface area contributed by atoms with Crippen LogP contribution in [0.25, 0.3) is 0 Å². The van der Waals surface area contributed by atoms with Crippen molar-refractivity contribution in [2.75, 3.05) is 26.6 Å². The number of fused-ring (bicyclic) bond motifs is 1. The minimum atomic E-state index is -0.289. The Morgan fingerprint density at radius 1 is 1.10 bits per heavy atom. The normalized spacial score (nSPS) is 18.1. The Labute approximate surface area is 177 Å². The van der Waals surface area contributed by atoms with E-state index in [-0.39, 0.29) is 24.2 Å². The topological polar surface area (TPSA) is 68.8 Å². The summed E-state index contributed by atoms with van der Waals surface area (Å²) >= 11 is 0. The monoisotopic (exact) mass is 410 g/mol. The third kappa shape index (κ3) is 4.45. The van der Waals surface area contributed by atoms with Crippen LogP contribution >= 0.6 is 0 Å². The second-order valence-corrected chi connectivity index (χ2v) is 8.21. The molecule has 6 heteroatoms. The van der Waals surface area contributed by atoms with Gasteiger partial charge in [-0.3, -0.25) is 4.79 Å². The maximum Gasteiger partial charge on any atom is 0.237 e. The molecule has 0 bridgehead atoms. The van der Waals surface area contributed by atoms with Gasteiger partial charge in [-0.05, 0) is 55.5 Å². The van der Waals surface area contributed by atoms with Crippen molar-refractivity contribution in [3.8, 4) is 11.5 Å². The van der Waals surface area contributed by atoms with E-state index in [9.17, 15) is 4.79 Å². The summed E-state index contributed by atoms with van der Waals surface area (Å²) in [7, 11) is 0. The molecule has 2 aliphatic heterocycles. The molecule has 2 aromatic rings. The first-order valence-corrected chi connectivity index (χ1v) is 10.6. The lowest BCUT2D eigenvalue weighted by molar-refractivity contribution is -0.123. The van der Waals surface area contributed by atoms with Crippen molar-refractivity contribution in [3.05, 3.63) is 59.2 Å². The summed E-state index contributed by atoms with van der Waals surface area (Å²) in [6.07, 6.45) is 1.80. The number of carbonyl (C=O) groups excluding carboxylic acids is 1. The fourth-order valence-corrected chi connectivity index (χ4v) is 4.14. The minimum Gasteiger partial charge on any atom is -0.454 e. The van der Waals surface area contributed by atoms with Crippen LogP contribution in [0.1, 0.15) is 36.5 Å². The van der Waals surface area contributed by atoms with Gasteiger partial charge in [-0.25, -0.2) is 0 Å². The van der Waals surface area contributed by atoms with Crippen LogP contribution in [-0.4, -0.2) is 38.5 Å². The van der Waals surface area contributed by atoms with Gasteiger partial charge in [0, 0.05) is 31.7 Å². The Balaban J connectivity index is 1.40. The van der Waals surface area contributed by atoms with Crippen molar-refractivity contribution in [3.63, 3.8) is 0 Å². The van der Waals surface area contributed by atoms with E-state index in [2.05, 4.69) is 35.8 Å². The average molecular weight is 411 g/mol. The molecule has 6 nitrogen and oxygen atoms in total. The summed E-state index contributed by atoms with van der Waals surface area (Å²) in [5.74, 6) is 1.59. The summed E-state index contributed by atoms with van der Waals surface area (Å²) < 4.78 is 16.7. The first kappa shape index (κ1) is 20.7.